The average Bonchev–Trinajstić information content (AvgIpc) is 2.16. The molecule has 1 aromatic carbocycles. The van der Waals surface area contributed by atoms with Crippen LogP contribution < -0.4 is 10.0 Å². The first-order chi connectivity index (χ1) is 8.51. The summed E-state index contributed by atoms with van der Waals surface area (Å²) < 4.78 is 26.9. The molecule has 5 nitrogen and oxygen atoms in total. The molecule has 19 heavy (non-hydrogen) atoms. The van der Waals surface area contributed by atoms with Gasteiger partial charge in [-0.2, -0.15) is 0 Å². The van der Waals surface area contributed by atoms with Crippen LogP contribution in [0.2, 0.25) is 0 Å². The Hall–Kier alpha value is -1.40. The predicted molar refractivity (Wildman–Crippen MR) is 75.6 cm³/mol. The van der Waals surface area contributed by atoms with Crippen molar-refractivity contribution in [2.24, 2.45) is 0 Å². The maximum atomic E-state index is 12.1. The molecule has 0 bridgehead atoms. The van der Waals surface area contributed by atoms with E-state index in [1.54, 1.807) is 39.8 Å². The maximum Gasteiger partial charge on any atom is 0.241 e. The normalized spacial score (nSPS) is 12.3. The van der Waals surface area contributed by atoms with Crippen LogP contribution in [0.25, 0.3) is 0 Å². The third-order valence-corrected chi connectivity index (χ3v) is 4.02. The second kappa shape index (κ2) is 5.30. The number of aryl methyl sites for hydroxylation is 1. The van der Waals surface area contributed by atoms with Crippen molar-refractivity contribution >= 4 is 21.6 Å². The molecule has 0 radical (unpaired) electrons. The van der Waals surface area contributed by atoms with Gasteiger partial charge in [0.2, 0.25) is 15.9 Å². The standard InChI is InChI=1S/C13H20N2O3S/c1-9-8-11(6-7-12(9)14-10(2)16)19(17,18)15-13(3,4)5/h6-8,15H,1-5H3,(H,14,16). The van der Waals surface area contributed by atoms with Gasteiger partial charge in [0.15, 0.2) is 0 Å². The summed E-state index contributed by atoms with van der Waals surface area (Å²) >= 11 is 0. The molecule has 0 unspecified atom stereocenters. The third kappa shape index (κ3) is 4.65. The topological polar surface area (TPSA) is 75.3 Å². The monoisotopic (exact) mass is 284 g/mol. The molecule has 1 rings (SSSR count). The van der Waals surface area contributed by atoms with E-state index in [1.807, 2.05) is 0 Å². The second-order valence-electron chi connectivity index (χ2n) is 5.51. The lowest BCUT2D eigenvalue weighted by Gasteiger charge is -2.20. The number of sulfonamides is 1. The molecule has 1 amide bonds. The minimum atomic E-state index is -3.55. The minimum absolute atomic E-state index is 0.188. The molecule has 0 aliphatic carbocycles. The molecule has 0 saturated heterocycles. The highest BCUT2D eigenvalue weighted by Crippen LogP contribution is 2.20. The van der Waals surface area contributed by atoms with Crippen LogP contribution in [0.5, 0.6) is 0 Å². The predicted octanol–water partition coefficient (Wildman–Crippen LogP) is 2.03. The lowest BCUT2D eigenvalue weighted by molar-refractivity contribution is -0.114. The van der Waals surface area contributed by atoms with Crippen LogP contribution in [0.1, 0.15) is 33.3 Å². The zero-order valence-corrected chi connectivity index (χ0v) is 12.7. The zero-order valence-electron chi connectivity index (χ0n) is 11.9. The molecule has 0 aliphatic heterocycles. The van der Waals surface area contributed by atoms with Crippen LogP contribution in [0.3, 0.4) is 0 Å². The van der Waals surface area contributed by atoms with E-state index in [0.717, 1.165) is 0 Å². The van der Waals surface area contributed by atoms with E-state index in [0.29, 0.717) is 11.3 Å². The quantitative estimate of drug-likeness (QED) is 0.891. The Balaban J connectivity index is 3.10. The fraction of sp³-hybridized carbons (Fsp3) is 0.462. The van der Waals surface area contributed by atoms with Crippen molar-refractivity contribution in [2.45, 2.75) is 45.1 Å². The van der Waals surface area contributed by atoms with Crippen molar-refractivity contribution < 1.29 is 13.2 Å². The van der Waals surface area contributed by atoms with E-state index < -0.39 is 15.6 Å². The summed E-state index contributed by atoms with van der Waals surface area (Å²) in [7, 11) is -3.55. The molecule has 0 atom stereocenters. The number of rotatable bonds is 3. The highest BCUT2D eigenvalue weighted by Gasteiger charge is 2.22. The summed E-state index contributed by atoms with van der Waals surface area (Å²) in [6, 6.07) is 4.61. The lowest BCUT2D eigenvalue weighted by atomic mass is 10.1. The van der Waals surface area contributed by atoms with Crippen LogP contribution in [0.15, 0.2) is 23.1 Å². The lowest BCUT2D eigenvalue weighted by Crippen LogP contribution is -2.40. The Morgan fingerprint density at radius 3 is 2.21 bits per heavy atom. The molecular weight excluding hydrogens is 264 g/mol. The van der Waals surface area contributed by atoms with Crippen molar-refractivity contribution in [1.29, 1.82) is 0 Å². The van der Waals surface area contributed by atoms with Crippen molar-refractivity contribution in [3.63, 3.8) is 0 Å². The molecule has 0 aromatic heterocycles. The third-order valence-electron chi connectivity index (χ3n) is 2.26. The second-order valence-corrected chi connectivity index (χ2v) is 7.20. The van der Waals surface area contributed by atoms with Gasteiger partial charge in [0.05, 0.1) is 4.90 Å². The number of hydrogen-bond acceptors (Lipinski definition) is 3. The van der Waals surface area contributed by atoms with Crippen molar-refractivity contribution in [1.82, 2.24) is 4.72 Å². The van der Waals surface area contributed by atoms with Crippen molar-refractivity contribution in [3.05, 3.63) is 23.8 Å². The highest BCUT2D eigenvalue weighted by molar-refractivity contribution is 7.89. The van der Waals surface area contributed by atoms with Crippen molar-refractivity contribution in [2.75, 3.05) is 5.32 Å². The van der Waals surface area contributed by atoms with E-state index in [-0.39, 0.29) is 10.8 Å². The number of nitrogens with one attached hydrogen (secondary N) is 2. The van der Waals surface area contributed by atoms with Crippen molar-refractivity contribution in [3.8, 4) is 0 Å². The Labute approximate surface area is 114 Å². The summed E-state index contributed by atoms with van der Waals surface area (Å²) in [4.78, 5) is 11.2. The van der Waals surface area contributed by atoms with E-state index in [2.05, 4.69) is 10.0 Å². The molecule has 1 aromatic rings. The molecule has 6 heteroatoms. The largest absolute Gasteiger partial charge is 0.326 e. The van der Waals surface area contributed by atoms with Gasteiger partial charge in [-0.1, -0.05) is 0 Å². The van der Waals surface area contributed by atoms with Crippen LogP contribution in [-0.4, -0.2) is 19.9 Å². The van der Waals surface area contributed by atoms with Gasteiger partial charge in [0, 0.05) is 18.2 Å². The summed E-state index contributed by atoms with van der Waals surface area (Å²) in [6.07, 6.45) is 0. The van der Waals surface area contributed by atoms with Crippen LogP contribution in [0, 0.1) is 6.92 Å². The van der Waals surface area contributed by atoms with Crippen LogP contribution >= 0.6 is 0 Å². The average molecular weight is 284 g/mol. The molecule has 0 fully saturated rings. The number of anilines is 1. The smallest absolute Gasteiger partial charge is 0.241 e. The number of carbonyl (C=O) groups is 1. The number of amides is 1. The summed E-state index contributed by atoms with van der Waals surface area (Å²) in [5, 5.41) is 2.65. The van der Waals surface area contributed by atoms with Crippen LogP contribution in [0.4, 0.5) is 5.69 Å². The Bertz CT molecular complexity index is 586. The molecule has 0 saturated carbocycles. The Morgan fingerprint density at radius 2 is 1.79 bits per heavy atom. The number of carbonyl (C=O) groups excluding carboxylic acids is 1. The van der Waals surface area contributed by atoms with Gasteiger partial charge in [0.1, 0.15) is 0 Å². The van der Waals surface area contributed by atoms with E-state index in [9.17, 15) is 13.2 Å². The first-order valence-corrected chi connectivity index (χ1v) is 7.42. The molecule has 0 spiro atoms. The van der Waals surface area contributed by atoms with Gasteiger partial charge >= 0.3 is 0 Å². The minimum Gasteiger partial charge on any atom is -0.326 e. The fourth-order valence-corrected chi connectivity index (χ4v) is 3.10. The first kappa shape index (κ1) is 15.7. The highest BCUT2D eigenvalue weighted by atomic mass is 32.2. The van der Waals surface area contributed by atoms with E-state index >= 15 is 0 Å². The maximum absolute atomic E-state index is 12.1. The number of hydrogen-bond donors (Lipinski definition) is 2. The molecular formula is C13H20N2O3S. The summed E-state index contributed by atoms with van der Waals surface area (Å²) in [5.74, 6) is -0.188. The van der Waals surface area contributed by atoms with Gasteiger partial charge in [-0.3, -0.25) is 4.79 Å². The summed E-state index contributed by atoms with van der Waals surface area (Å²) in [5.41, 5.74) is 0.775. The molecule has 0 aliphatic rings. The Kier molecular flexibility index (Phi) is 4.37. The Morgan fingerprint density at radius 1 is 1.21 bits per heavy atom. The fourth-order valence-electron chi connectivity index (χ4n) is 1.60. The summed E-state index contributed by atoms with van der Waals surface area (Å²) in [6.45, 7) is 8.50. The van der Waals surface area contributed by atoms with E-state index in [1.165, 1.54) is 13.0 Å². The van der Waals surface area contributed by atoms with Gasteiger partial charge in [-0.15, -0.1) is 0 Å². The first-order valence-electron chi connectivity index (χ1n) is 5.93. The molecule has 106 valence electrons. The zero-order chi connectivity index (χ0) is 14.8. The van der Waals surface area contributed by atoms with Gasteiger partial charge < -0.3 is 5.32 Å². The van der Waals surface area contributed by atoms with E-state index in [4.69, 9.17) is 0 Å². The SMILES string of the molecule is CC(=O)Nc1ccc(S(=O)(=O)NC(C)(C)C)cc1C. The van der Waals surface area contributed by atoms with Crippen LogP contribution in [-0.2, 0) is 14.8 Å². The van der Waals surface area contributed by atoms with Gasteiger partial charge in [0.25, 0.3) is 0 Å². The van der Waals surface area contributed by atoms with Gasteiger partial charge in [-0.05, 0) is 51.5 Å². The molecule has 2 N–H and O–H groups in total. The number of benzene rings is 1. The van der Waals surface area contributed by atoms with Gasteiger partial charge in [-0.25, -0.2) is 13.1 Å². The molecule has 0 heterocycles.